The molecule has 0 amide bonds. The minimum absolute atomic E-state index is 0.232. The molecule has 0 bridgehead atoms. The first-order valence-electron chi connectivity index (χ1n) is 6.22. The molecule has 0 N–H and O–H groups in total. The summed E-state index contributed by atoms with van der Waals surface area (Å²) in [5.74, 6) is 1.52. The van der Waals surface area contributed by atoms with Crippen LogP contribution in [0.1, 0.15) is 17.0 Å². The molecule has 2 aromatic heterocycles. The molecule has 1 aromatic carbocycles. The lowest BCUT2D eigenvalue weighted by molar-refractivity contribution is 0.391. The van der Waals surface area contributed by atoms with Crippen LogP contribution in [0.5, 0.6) is 0 Å². The van der Waals surface area contributed by atoms with E-state index in [1.807, 2.05) is 44.2 Å². The molecule has 3 aromatic rings. The molecule has 6 heteroatoms. The summed E-state index contributed by atoms with van der Waals surface area (Å²) >= 11 is 5.95. The first-order valence-corrected chi connectivity index (χ1v) is 6.60. The topological polar surface area (TPSA) is 56.7 Å². The molecule has 0 aliphatic carbocycles. The molecule has 5 nitrogen and oxygen atoms in total. The van der Waals surface area contributed by atoms with E-state index in [4.69, 9.17) is 16.1 Å². The van der Waals surface area contributed by atoms with E-state index < -0.39 is 0 Å². The quantitative estimate of drug-likeness (QED) is 0.742. The summed E-state index contributed by atoms with van der Waals surface area (Å²) in [5, 5.41) is 8.43. The minimum atomic E-state index is 0.232. The van der Waals surface area contributed by atoms with Crippen LogP contribution in [-0.4, -0.2) is 19.9 Å². The Kier molecular flexibility index (Phi) is 3.28. The lowest BCUT2D eigenvalue weighted by Crippen LogP contribution is -2.05. The molecule has 0 saturated heterocycles. The van der Waals surface area contributed by atoms with E-state index in [0.717, 1.165) is 28.4 Å². The lowest BCUT2D eigenvalue weighted by Gasteiger charge is -2.05. The largest absolute Gasteiger partial charge is 0.361 e. The van der Waals surface area contributed by atoms with E-state index in [1.54, 1.807) is 4.68 Å². The van der Waals surface area contributed by atoms with Gasteiger partial charge in [-0.15, -0.1) is 5.10 Å². The molecular weight excluding hydrogens is 276 g/mol. The minimum Gasteiger partial charge on any atom is -0.361 e. The number of hydrogen-bond donors (Lipinski definition) is 0. The van der Waals surface area contributed by atoms with Gasteiger partial charge in [-0.2, -0.15) is 4.98 Å². The van der Waals surface area contributed by atoms with Crippen molar-refractivity contribution in [3.8, 4) is 11.4 Å². The van der Waals surface area contributed by atoms with Crippen molar-refractivity contribution in [2.75, 3.05) is 0 Å². The van der Waals surface area contributed by atoms with Crippen molar-refractivity contribution < 1.29 is 4.52 Å². The Balaban J connectivity index is 2.03. The predicted octanol–water partition coefficient (Wildman–Crippen LogP) is 3.25. The van der Waals surface area contributed by atoms with Crippen molar-refractivity contribution in [3.63, 3.8) is 0 Å². The normalized spacial score (nSPS) is 10.9. The van der Waals surface area contributed by atoms with E-state index in [9.17, 15) is 0 Å². The fraction of sp³-hybridized carbons (Fsp3) is 0.214. The molecule has 2 heterocycles. The fourth-order valence-electron chi connectivity index (χ4n) is 2.10. The highest BCUT2D eigenvalue weighted by Gasteiger charge is 2.15. The standard InChI is InChI=1S/C14H13ClN4O/c1-9-12(10(2)20-18-9)8-19-13(16-14(15)17-19)11-6-4-3-5-7-11/h3-7H,8H2,1-2H3. The van der Waals surface area contributed by atoms with Crippen LogP contribution >= 0.6 is 11.6 Å². The van der Waals surface area contributed by atoms with E-state index in [-0.39, 0.29) is 5.28 Å². The zero-order valence-corrected chi connectivity index (χ0v) is 11.9. The predicted molar refractivity (Wildman–Crippen MR) is 75.5 cm³/mol. The number of aromatic nitrogens is 4. The average Bonchev–Trinajstić information content (AvgIpc) is 2.97. The maximum absolute atomic E-state index is 5.95. The number of aryl methyl sites for hydroxylation is 2. The molecule has 0 atom stereocenters. The van der Waals surface area contributed by atoms with Crippen molar-refractivity contribution in [1.29, 1.82) is 0 Å². The first-order chi connectivity index (χ1) is 9.65. The van der Waals surface area contributed by atoms with Crippen LogP contribution < -0.4 is 0 Å². The van der Waals surface area contributed by atoms with Crippen molar-refractivity contribution >= 4 is 11.6 Å². The number of halogens is 1. The summed E-state index contributed by atoms with van der Waals surface area (Å²) in [7, 11) is 0. The Bertz CT molecular complexity index is 713. The highest BCUT2D eigenvalue weighted by molar-refractivity contribution is 6.28. The number of nitrogens with zero attached hydrogens (tertiary/aromatic N) is 4. The highest BCUT2D eigenvalue weighted by atomic mass is 35.5. The van der Waals surface area contributed by atoms with Gasteiger partial charge in [-0.3, -0.25) is 0 Å². The second-order valence-corrected chi connectivity index (χ2v) is 4.87. The molecule has 0 fully saturated rings. The Morgan fingerprint density at radius 2 is 1.95 bits per heavy atom. The van der Waals surface area contributed by atoms with Crippen LogP contribution in [0.3, 0.4) is 0 Å². The lowest BCUT2D eigenvalue weighted by atomic mass is 10.2. The number of benzene rings is 1. The van der Waals surface area contributed by atoms with E-state index in [2.05, 4.69) is 15.2 Å². The third-order valence-electron chi connectivity index (χ3n) is 3.17. The van der Waals surface area contributed by atoms with Crippen LogP contribution in [0.15, 0.2) is 34.9 Å². The smallest absolute Gasteiger partial charge is 0.242 e. The third-order valence-corrected chi connectivity index (χ3v) is 3.33. The van der Waals surface area contributed by atoms with Gasteiger partial charge in [0.05, 0.1) is 12.2 Å². The molecule has 0 radical (unpaired) electrons. The highest BCUT2D eigenvalue weighted by Crippen LogP contribution is 2.21. The van der Waals surface area contributed by atoms with Crippen molar-refractivity contribution in [2.45, 2.75) is 20.4 Å². The van der Waals surface area contributed by atoms with Crippen LogP contribution in [0.2, 0.25) is 5.28 Å². The van der Waals surface area contributed by atoms with Gasteiger partial charge in [0, 0.05) is 11.1 Å². The maximum Gasteiger partial charge on any atom is 0.242 e. The Morgan fingerprint density at radius 1 is 1.20 bits per heavy atom. The molecule has 0 spiro atoms. The van der Waals surface area contributed by atoms with E-state index in [1.165, 1.54) is 0 Å². The van der Waals surface area contributed by atoms with Gasteiger partial charge in [-0.1, -0.05) is 35.5 Å². The zero-order chi connectivity index (χ0) is 14.1. The monoisotopic (exact) mass is 288 g/mol. The summed E-state index contributed by atoms with van der Waals surface area (Å²) in [4.78, 5) is 4.29. The summed E-state index contributed by atoms with van der Waals surface area (Å²) in [6.07, 6.45) is 0. The van der Waals surface area contributed by atoms with Gasteiger partial charge in [0.25, 0.3) is 0 Å². The second-order valence-electron chi connectivity index (χ2n) is 4.53. The van der Waals surface area contributed by atoms with Gasteiger partial charge < -0.3 is 4.52 Å². The SMILES string of the molecule is Cc1noc(C)c1Cn1nc(Cl)nc1-c1ccccc1. The molecular formula is C14H13ClN4O. The van der Waals surface area contributed by atoms with Gasteiger partial charge >= 0.3 is 0 Å². The maximum atomic E-state index is 5.95. The van der Waals surface area contributed by atoms with Crippen molar-refractivity contribution in [1.82, 2.24) is 19.9 Å². The average molecular weight is 289 g/mol. The van der Waals surface area contributed by atoms with Gasteiger partial charge in [0.15, 0.2) is 5.82 Å². The van der Waals surface area contributed by atoms with Crippen molar-refractivity contribution in [2.24, 2.45) is 0 Å². The van der Waals surface area contributed by atoms with Gasteiger partial charge in [-0.25, -0.2) is 4.68 Å². The molecule has 0 aliphatic rings. The van der Waals surface area contributed by atoms with Crippen LogP contribution in [0.4, 0.5) is 0 Å². The number of rotatable bonds is 3. The molecule has 20 heavy (non-hydrogen) atoms. The third kappa shape index (κ3) is 2.32. The molecule has 0 saturated carbocycles. The fourth-order valence-corrected chi connectivity index (χ4v) is 2.27. The Labute approximate surface area is 121 Å². The molecule has 102 valence electrons. The molecule has 3 rings (SSSR count). The molecule has 0 unspecified atom stereocenters. The summed E-state index contributed by atoms with van der Waals surface area (Å²) in [5.41, 5.74) is 2.83. The van der Waals surface area contributed by atoms with Crippen LogP contribution in [0.25, 0.3) is 11.4 Å². The van der Waals surface area contributed by atoms with Crippen molar-refractivity contribution in [3.05, 3.63) is 52.6 Å². The summed E-state index contributed by atoms with van der Waals surface area (Å²) in [6, 6.07) is 9.82. The van der Waals surface area contributed by atoms with Crippen LogP contribution in [0, 0.1) is 13.8 Å². The number of hydrogen-bond acceptors (Lipinski definition) is 4. The van der Waals surface area contributed by atoms with Gasteiger partial charge in [-0.05, 0) is 25.4 Å². The second kappa shape index (κ2) is 5.09. The Hall–Kier alpha value is -2.14. The van der Waals surface area contributed by atoms with Gasteiger partial charge in [0.2, 0.25) is 5.28 Å². The van der Waals surface area contributed by atoms with Gasteiger partial charge in [0.1, 0.15) is 5.76 Å². The summed E-state index contributed by atoms with van der Waals surface area (Å²) in [6.45, 7) is 4.33. The first kappa shape index (κ1) is 12.9. The van der Waals surface area contributed by atoms with E-state index >= 15 is 0 Å². The van der Waals surface area contributed by atoms with E-state index in [0.29, 0.717) is 6.54 Å². The summed E-state index contributed by atoms with van der Waals surface area (Å²) < 4.78 is 6.94. The molecule has 0 aliphatic heterocycles. The Morgan fingerprint density at radius 3 is 2.60 bits per heavy atom. The zero-order valence-electron chi connectivity index (χ0n) is 11.2. The van der Waals surface area contributed by atoms with Crippen LogP contribution in [-0.2, 0) is 6.54 Å².